The van der Waals surface area contributed by atoms with Crippen LogP contribution >= 0.6 is 0 Å². The molecule has 28 heavy (non-hydrogen) atoms. The van der Waals surface area contributed by atoms with E-state index in [1.54, 1.807) is 36.3 Å². The first kappa shape index (κ1) is 20.0. The molecule has 0 unspecified atom stereocenters. The number of hydrogen-bond donors (Lipinski definition) is 0. The summed E-state index contributed by atoms with van der Waals surface area (Å²) in [5.41, 5.74) is 2.06. The Morgan fingerprint density at radius 2 is 1.93 bits per heavy atom. The highest BCUT2D eigenvalue weighted by atomic mass is 16.5. The minimum Gasteiger partial charge on any atom is -0.361 e. The van der Waals surface area contributed by atoms with Crippen LogP contribution < -0.4 is 0 Å². The summed E-state index contributed by atoms with van der Waals surface area (Å²) in [7, 11) is 3.45. The van der Waals surface area contributed by atoms with Crippen molar-refractivity contribution in [1.29, 1.82) is 0 Å². The van der Waals surface area contributed by atoms with Crippen LogP contribution in [0.4, 0.5) is 0 Å². The van der Waals surface area contributed by atoms with Gasteiger partial charge in [-0.2, -0.15) is 0 Å². The molecule has 6 heteroatoms. The van der Waals surface area contributed by atoms with Crippen LogP contribution in [0.1, 0.15) is 18.9 Å². The Labute approximate surface area is 166 Å². The molecule has 1 saturated heterocycles. The molecule has 0 N–H and O–H groups in total. The lowest BCUT2D eigenvalue weighted by atomic mass is 9.89. The maximum Gasteiger partial charge on any atom is 0.256 e. The Kier molecular flexibility index (Phi) is 6.09. The second-order valence-electron chi connectivity index (χ2n) is 7.32. The molecular weight excluding hydrogens is 354 g/mol. The summed E-state index contributed by atoms with van der Waals surface area (Å²) in [6, 6.07) is 12.0. The molecule has 3 rings (SSSR count). The van der Waals surface area contributed by atoms with Crippen molar-refractivity contribution < 1.29 is 14.3 Å². The predicted octanol–water partition coefficient (Wildman–Crippen LogP) is 2.39. The van der Waals surface area contributed by atoms with Crippen LogP contribution in [-0.4, -0.2) is 66.0 Å². The van der Waals surface area contributed by atoms with E-state index in [9.17, 15) is 9.59 Å². The molecule has 6 nitrogen and oxygen atoms in total. The van der Waals surface area contributed by atoms with Gasteiger partial charge in [0, 0.05) is 45.9 Å². The summed E-state index contributed by atoms with van der Waals surface area (Å²) in [6.45, 7) is 2.99. The Balaban J connectivity index is 1.92. The first-order valence-electron chi connectivity index (χ1n) is 9.58. The zero-order valence-electron chi connectivity index (χ0n) is 16.7. The molecule has 1 aromatic carbocycles. The molecule has 0 saturated carbocycles. The van der Waals surface area contributed by atoms with Crippen LogP contribution in [0.3, 0.4) is 0 Å². The molecule has 2 heterocycles. The number of pyridine rings is 1. The summed E-state index contributed by atoms with van der Waals surface area (Å²) in [5.74, 6) is -0.0693. The van der Waals surface area contributed by atoms with E-state index in [1.807, 2.05) is 37.3 Å². The van der Waals surface area contributed by atoms with Gasteiger partial charge >= 0.3 is 0 Å². The van der Waals surface area contributed by atoms with E-state index < -0.39 is 5.60 Å². The lowest BCUT2D eigenvalue weighted by Crippen LogP contribution is -2.61. The van der Waals surface area contributed by atoms with Gasteiger partial charge in [-0.05, 0) is 28.8 Å². The molecular formula is C22H27N3O3. The fourth-order valence-corrected chi connectivity index (χ4v) is 3.68. The van der Waals surface area contributed by atoms with Gasteiger partial charge in [-0.15, -0.1) is 0 Å². The van der Waals surface area contributed by atoms with E-state index in [0.29, 0.717) is 26.0 Å². The number of carbonyl (C=O) groups is 2. The normalized spacial score (nSPS) is 19.3. The molecule has 1 aromatic heterocycles. The second-order valence-corrected chi connectivity index (χ2v) is 7.32. The lowest BCUT2D eigenvalue weighted by Gasteiger charge is -2.43. The van der Waals surface area contributed by atoms with Crippen LogP contribution in [0.5, 0.6) is 0 Å². The molecule has 1 aliphatic rings. The monoisotopic (exact) mass is 381 g/mol. The number of amides is 2. The van der Waals surface area contributed by atoms with Crippen LogP contribution in [0.25, 0.3) is 11.1 Å². The average molecular weight is 381 g/mol. The standard InChI is InChI=1S/C22H27N3O3/c1-4-20(26)25-12-13-28-22(16-25,21(27)24(2)3)15-17-6-5-7-19(14-17)18-8-10-23-11-9-18/h5-11,14H,4,12-13,15-16H2,1-3H3/t22-/m1/s1. The lowest BCUT2D eigenvalue weighted by molar-refractivity contribution is -0.172. The number of ether oxygens (including phenoxy) is 1. The van der Waals surface area contributed by atoms with Crippen molar-refractivity contribution in [2.24, 2.45) is 0 Å². The average Bonchev–Trinajstić information content (AvgIpc) is 2.73. The highest BCUT2D eigenvalue weighted by Gasteiger charge is 2.45. The Morgan fingerprint density at radius 3 is 2.61 bits per heavy atom. The number of nitrogens with zero attached hydrogens (tertiary/aromatic N) is 3. The molecule has 0 radical (unpaired) electrons. The van der Waals surface area contributed by atoms with Crippen molar-refractivity contribution in [1.82, 2.24) is 14.8 Å². The van der Waals surface area contributed by atoms with E-state index in [2.05, 4.69) is 11.1 Å². The predicted molar refractivity (Wildman–Crippen MR) is 108 cm³/mol. The van der Waals surface area contributed by atoms with Gasteiger partial charge in [0.25, 0.3) is 5.91 Å². The van der Waals surface area contributed by atoms with Crippen molar-refractivity contribution in [3.8, 4) is 11.1 Å². The van der Waals surface area contributed by atoms with Crippen molar-refractivity contribution in [2.45, 2.75) is 25.4 Å². The first-order chi connectivity index (χ1) is 13.4. The summed E-state index contributed by atoms with van der Waals surface area (Å²) >= 11 is 0. The third kappa shape index (κ3) is 4.22. The smallest absolute Gasteiger partial charge is 0.256 e. The largest absolute Gasteiger partial charge is 0.361 e. The topological polar surface area (TPSA) is 62.7 Å². The van der Waals surface area contributed by atoms with Gasteiger partial charge < -0.3 is 14.5 Å². The van der Waals surface area contributed by atoms with E-state index in [-0.39, 0.29) is 18.4 Å². The van der Waals surface area contributed by atoms with Crippen LogP contribution in [0.15, 0.2) is 48.8 Å². The number of morpholine rings is 1. The molecule has 0 aliphatic carbocycles. The third-order valence-electron chi connectivity index (χ3n) is 5.07. The highest BCUT2D eigenvalue weighted by Crippen LogP contribution is 2.28. The second kappa shape index (κ2) is 8.52. The van der Waals surface area contributed by atoms with Gasteiger partial charge in [-0.25, -0.2) is 0 Å². The van der Waals surface area contributed by atoms with Crippen molar-refractivity contribution in [3.63, 3.8) is 0 Å². The maximum absolute atomic E-state index is 13.1. The van der Waals surface area contributed by atoms with E-state index >= 15 is 0 Å². The molecule has 148 valence electrons. The van der Waals surface area contributed by atoms with Crippen LogP contribution in [-0.2, 0) is 20.7 Å². The number of aromatic nitrogens is 1. The highest BCUT2D eigenvalue weighted by molar-refractivity contribution is 5.87. The van der Waals surface area contributed by atoms with Gasteiger partial charge in [-0.1, -0.05) is 31.2 Å². The first-order valence-corrected chi connectivity index (χ1v) is 9.58. The summed E-state index contributed by atoms with van der Waals surface area (Å²) in [4.78, 5) is 32.7. The summed E-state index contributed by atoms with van der Waals surface area (Å²) < 4.78 is 6.07. The van der Waals surface area contributed by atoms with E-state index in [4.69, 9.17) is 4.74 Å². The molecule has 0 bridgehead atoms. The summed E-state index contributed by atoms with van der Waals surface area (Å²) in [6.07, 6.45) is 4.36. The van der Waals surface area contributed by atoms with Crippen LogP contribution in [0.2, 0.25) is 0 Å². The molecule has 1 aliphatic heterocycles. The van der Waals surface area contributed by atoms with Crippen molar-refractivity contribution in [3.05, 3.63) is 54.4 Å². The summed E-state index contributed by atoms with van der Waals surface area (Å²) in [5, 5.41) is 0. The number of hydrogen-bond acceptors (Lipinski definition) is 4. The van der Waals surface area contributed by atoms with Gasteiger partial charge in [0.05, 0.1) is 13.2 Å². The Hall–Kier alpha value is -2.73. The Morgan fingerprint density at radius 1 is 1.18 bits per heavy atom. The minimum atomic E-state index is -1.07. The van der Waals surface area contributed by atoms with Crippen LogP contribution in [0, 0.1) is 0 Å². The Bertz CT molecular complexity index is 838. The maximum atomic E-state index is 13.1. The van der Waals surface area contributed by atoms with Crippen molar-refractivity contribution >= 4 is 11.8 Å². The molecule has 1 fully saturated rings. The zero-order valence-corrected chi connectivity index (χ0v) is 16.7. The number of benzene rings is 1. The fraction of sp³-hybridized carbons (Fsp3) is 0.409. The molecule has 2 aromatic rings. The van der Waals surface area contributed by atoms with E-state index in [0.717, 1.165) is 16.7 Å². The van der Waals surface area contributed by atoms with Gasteiger partial charge in [0.1, 0.15) is 0 Å². The molecule has 1 atom stereocenters. The van der Waals surface area contributed by atoms with Gasteiger partial charge in [0.2, 0.25) is 5.91 Å². The third-order valence-corrected chi connectivity index (χ3v) is 5.07. The number of likely N-dealkylation sites (N-methyl/N-ethyl adjacent to an activating group) is 1. The molecule has 2 amide bonds. The van der Waals surface area contributed by atoms with Gasteiger partial charge in [-0.3, -0.25) is 14.6 Å². The quantitative estimate of drug-likeness (QED) is 0.798. The van der Waals surface area contributed by atoms with E-state index in [1.165, 1.54) is 0 Å². The number of carbonyl (C=O) groups excluding carboxylic acids is 2. The van der Waals surface area contributed by atoms with Crippen molar-refractivity contribution in [2.75, 3.05) is 33.8 Å². The molecule has 0 spiro atoms. The fourth-order valence-electron chi connectivity index (χ4n) is 3.68. The SMILES string of the molecule is CCC(=O)N1CCO[C@@](Cc2cccc(-c3ccncc3)c2)(C(=O)N(C)C)C1. The number of rotatable bonds is 5. The van der Waals surface area contributed by atoms with Gasteiger partial charge in [0.15, 0.2) is 5.60 Å². The minimum absolute atomic E-state index is 0.0461. The zero-order chi connectivity index (χ0) is 20.1.